The smallest absolute Gasteiger partial charge is 0.350 e. The number of carbonyl (C=O) groups excluding carboxylic acids is 2. The quantitative estimate of drug-likeness (QED) is 0.756. The molecule has 0 bridgehead atoms. The molecule has 2 N–H and O–H groups in total. The highest BCUT2D eigenvalue weighted by Gasteiger charge is 2.32. The zero-order chi connectivity index (χ0) is 19.4. The first-order valence-corrected chi connectivity index (χ1v) is 9.47. The number of carboxylic acids is 1. The minimum Gasteiger partial charge on any atom is -0.481 e. The van der Waals surface area contributed by atoms with Crippen molar-refractivity contribution in [3.8, 4) is 0 Å². The summed E-state index contributed by atoms with van der Waals surface area (Å²) in [6.45, 7) is 8.20. The van der Waals surface area contributed by atoms with E-state index < -0.39 is 23.9 Å². The first-order chi connectivity index (χ1) is 12.2. The highest BCUT2D eigenvalue weighted by Crippen LogP contribution is 2.26. The van der Waals surface area contributed by atoms with Gasteiger partial charge in [-0.15, -0.1) is 11.3 Å². The number of amides is 2. The molecule has 2 rings (SSSR count). The molecule has 144 valence electrons. The predicted octanol–water partition coefficient (Wildman–Crippen LogP) is 2.44. The summed E-state index contributed by atoms with van der Waals surface area (Å²) in [5, 5.41) is 12.7. The SMILES string of the molecule is CCOC(=O)c1sc(C(C)NC(=O)N2CC(C)CC(C(=O)O)C2)nc1C. The van der Waals surface area contributed by atoms with E-state index >= 15 is 0 Å². The van der Waals surface area contributed by atoms with Crippen LogP contribution in [0.1, 0.15) is 53.6 Å². The molecule has 1 saturated heterocycles. The number of thiazole rings is 1. The Kier molecular flexibility index (Phi) is 6.57. The Morgan fingerprint density at radius 2 is 2.12 bits per heavy atom. The van der Waals surface area contributed by atoms with Gasteiger partial charge in [0.15, 0.2) is 0 Å². The number of piperidine rings is 1. The molecule has 8 nitrogen and oxygen atoms in total. The second-order valence-electron chi connectivity index (χ2n) is 6.64. The van der Waals surface area contributed by atoms with Crippen molar-refractivity contribution in [2.24, 2.45) is 11.8 Å². The van der Waals surface area contributed by atoms with E-state index in [-0.39, 0.29) is 25.1 Å². The minimum absolute atomic E-state index is 0.128. The number of aliphatic carboxylic acids is 1. The van der Waals surface area contributed by atoms with Crippen molar-refractivity contribution in [2.75, 3.05) is 19.7 Å². The van der Waals surface area contributed by atoms with Gasteiger partial charge in [0.2, 0.25) is 0 Å². The van der Waals surface area contributed by atoms with Crippen molar-refractivity contribution < 1.29 is 24.2 Å². The molecule has 0 saturated carbocycles. The highest BCUT2D eigenvalue weighted by molar-refractivity contribution is 7.13. The Balaban J connectivity index is 2.03. The van der Waals surface area contributed by atoms with Crippen molar-refractivity contribution in [1.29, 1.82) is 0 Å². The fourth-order valence-electron chi connectivity index (χ4n) is 3.02. The van der Waals surface area contributed by atoms with Crippen LogP contribution < -0.4 is 5.32 Å². The molecular weight excluding hydrogens is 358 g/mol. The molecule has 1 aliphatic rings. The van der Waals surface area contributed by atoms with Crippen LogP contribution in [0, 0.1) is 18.8 Å². The van der Waals surface area contributed by atoms with Gasteiger partial charge in [0, 0.05) is 13.1 Å². The van der Waals surface area contributed by atoms with Gasteiger partial charge in [0.05, 0.1) is 24.3 Å². The summed E-state index contributed by atoms with van der Waals surface area (Å²) in [6, 6.07) is -0.712. The van der Waals surface area contributed by atoms with Gasteiger partial charge in [-0.25, -0.2) is 14.6 Å². The second-order valence-corrected chi connectivity index (χ2v) is 7.67. The van der Waals surface area contributed by atoms with Crippen molar-refractivity contribution in [3.05, 3.63) is 15.6 Å². The summed E-state index contributed by atoms with van der Waals surface area (Å²) in [7, 11) is 0. The molecule has 0 radical (unpaired) electrons. The molecule has 0 spiro atoms. The fourth-order valence-corrected chi connectivity index (χ4v) is 3.99. The van der Waals surface area contributed by atoms with E-state index in [0.29, 0.717) is 28.5 Å². The summed E-state index contributed by atoms with van der Waals surface area (Å²) in [4.78, 5) is 42.0. The zero-order valence-electron chi connectivity index (χ0n) is 15.4. The molecule has 3 atom stereocenters. The lowest BCUT2D eigenvalue weighted by atomic mass is 9.91. The Hall–Kier alpha value is -2.16. The van der Waals surface area contributed by atoms with Crippen molar-refractivity contribution in [2.45, 2.75) is 40.2 Å². The van der Waals surface area contributed by atoms with Crippen molar-refractivity contribution in [3.63, 3.8) is 0 Å². The summed E-state index contributed by atoms with van der Waals surface area (Å²) in [5.41, 5.74) is 0.571. The fraction of sp³-hybridized carbons (Fsp3) is 0.647. The number of hydrogen-bond acceptors (Lipinski definition) is 6. The predicted molar refractivity (Wildman–Crippen MR) is 96.2 cm³/mol. The average molecular weight is 383 g/mol. The molecule has 1 fully saturated rings. The monoisotopic (exact) mass is 383 g/mol. The lowest BCUT2D eigenvalue weighted by molar-refractivity contribution is -0.143. The first-order valence-electron chi connectivity index (χ1n) is 8.65. The molecule has 2 amide bonds. The first kappa shape index (κ1) is 20.2. The number of aromatic nitrogens is 1. The molecule has 0 aliphatic carbocycles. The molecule has 3 unspecified atom stereocenters. The highest BCUT2D eigenvalue weighted by atomic mass is 32.1. The molecule has 26 heavy (non-hydrogen) atoms. The Labute approximate surface area is 156 Å². The zero-order valence-corrected chi connectivity index (χ0v) is 16.3. The number of ether oxygens (including phenoxy) is 1. The average Bonchev–Trinajstić information content (AvgIpc) is 2.96. The molecule has 1 aromatic heterocycles. The van der Waals surface area contributed by atoms with E-state index in [1.54, 1.807) is 20.8 Å². The Bertz CT molecular complexity index is 690. The minimum atomic E-state index is -0.878. The van der Waals surface area contributed by atoms with Crippen LogP contribution in [0.4, 0.5) is 4.79 Å². The summed E-state index contributed by atoms with van der Waals surface area (Å²) in [5.74, 6) is -1.71. The van der Waals surface area contributed by atoms with Gasteiger partial charge in [-0.3, -0.25) is 4.79 Å². The van der Waals surface area contributed by atoms with Gasteiger partial charge >= 0.3 is 18.0 Å². The third-order valence-electron chi connectivity index (χ3n) is 4.28. The van der Waals surface area contributed by atoms with Gasteiger partial charge in [-0.2, -0.15) is 0 Å². The van der Waals surface area contributed by atoms with E-state index in [9.17, 15) is 19.5 Å². The van der Waals surface area contributed by atoms with Crippen LogP contribution in [0.3, 0.4) is 0 Å². The molecule has 1 aromatic rings. The number of hydrogen-bond donors (Lipinski definition) is 2. The number of rotatable bonds is 5. The van der Waals surface area contributed by atoms with Crippen LogP contribution in [0.25, 0.3) is 0 Å². The normalized spacial score (nSPS) is 21.2. The lowest BCUT2D eigenvalue weighted by Gasteiger charge is -2.35. The maximum atomic E-state index is 12.5. The van der Waals surface area contributed by atoms with Crippen LogP contribution in [0.5, 0.6) is 0 Å². The van der Waals surface area contributed by atoms with Crippen LogP contribution in [-0.4, -0.2) is 52.7 Å². The van der Waals surface area contributed by atoms with Crippen molar-refractivity contribution >= 4 is 29.3 Å². The van der Waals surface area contributed by atoms with Gasteiger partial charge in [-0.1, -0.05) is 6.92 Å². The van der Waals surface area contributed by atoms with Gasteiger partial charge in [-0.05, 0) is 33.1 Å². The molecule has 9 heteroatoms. The van der Waals surface area contributed by atoms with Crippen LogP contribution in [-0.2, 0) is 9.53 Å². The third-order valence-corrected chi connectivity index (χ3v) is 5.60. The van der Waals surface area contributed by atoms with Gasteiger partial charge in [0.25, 0.3) is 0 Å². The van der Waals surface area contributed by atoms with Crippen LogP contribution in [0.2, 0.25) is 0 Å². The number of aryl methyl sites for hydroxylation is 1. The Morgan fingerprint density at radius 3 is 2.73 bits per heavy atom. The molecular formula is C17H25N3O5S. The topological polar surface area (TPSA) is 109 Å². The van der Waals surface area contributed by atoms with E-state index in [1.807, 2.05) is 6.92 Å². The summed E-state index contributed by atoms with van der Waals surface area (Å²) in [6.07, 6.45) is 0.573. The number of urea groups is 1. The largest absolute Gasteiger partial charge is 0.481 e. The van der Waals surface area contributed by atoms with Crippen LogP contribution >= 0.6 is 11.3 Å². The van der Waals surface area contributed by atoms with E-state index in [0.717, 1.165) is 0 Å². The number of carboxylic acid groups (broad SMARTS) is 1. The number of nitrogens with zero attached hydrogens (tertiary/aromatic N) is 2. The second kappa shape index (κ2) is 8.48. The van der Waals surface area contributed by atoms with E-state index in [1.165, 1.54) is 16.2 Å². The van der Waals surface area contributed by atoms with E-state index in [4.69, 9.17) is 4.74 Å². The number of nitrogens with one attached hydrogen (secondary N) is 1. The number of carbonyl (C=O) groups is 3. The Morgan fingerprint density at radius 1 is 1.42 bits per heavy atom. The molecule has 2 heterocycles. The molecule has 1 aliphatic heterocycles. The molecule has 0 aromatic carbocycles. The van der Waals surface area contributed by atoms with E-state index in [2.05, 4.69) is 10.3 Å². The van der Waals surface area contributed by atoms with Crippen molar-refractivity contribution in [1.82, 2.24) is 15.2 Å². The summed E-state index contributed by atoms with van der Waals surface area (Å²) < 4.78 is 5.00. The standard InChI is InChI=1S/C17H25N3O5S/c1-5-25-16(23)13-10(3)18-14(26-13)11(4)19-17(24)20-7-9(2)6-12(8-20)15(21)22/h9,11-12H,5-8H2,1-4H3,(H,19,24)(H,21,22). The van der Waals surface area contributed by atoms with Gasteiger partial charge < -0.3 is 20.1 Å². The number of esters is 1. The lowest BCUT2D eigenvalue weighted by Crippen LogP contribution is -2.49. The summed E-state index contributed by atoms with van der Waals surface area (Å²) >= 11 is 1.20. The maximum Gasteiger partial charge on any atom is 0.350 e. The van der Waals surface area contributed by atoms with Gasteiger partial charge in [0.1, 0.15) is 9.88 Å². The number of likely N-dealkylation sites (tertiary alicyclic amines) is 1. The third kappa shape index (κ3) is 4.72. The maximum absolute atomic E-state index is 12.5. The van der Waals surface area contributed by atoms with Crippen LogP contribution in [0.15, 0.2) is 0 Å².